The van der Waals surface area contributed by atoms with Gasteiger partial charge in [0, 0.05) is 22.6 Å². The zero-order valence-electron chi connectivity index (χ0n) is 13.5. The lowest BCUT2D eigenvalue weighted by atomic mass is 10.1. The predicted octanol–water partition coefficient (Wildman–Crippen LogP) is 4.00. The first kappa shape index (κ1) is 18.1. The van der Waals surface area contributed by atoms with Crippen LogP contribution in [0.3, 0.4) is 0 Å². The number of hydrogen-bond donors (Lipinski definition) is 1. The van der Waals surface area contributed by atoms with Crippen molar-refractivity contribution in [3.05, 3.63) is 51.7 Å². The van der Waals surface area contributed by atoms with Gasteiger partial charge >= 0.3 is 5.97 Å². The molecule has 2 aromatic rings. The van der Waals surface area contributed by atoms with Gasteiger partial charge in [-0.2, -0.15) is 0 Å². The van der Waals surface area contributed by atoms with Gasteiger partial charge in [-0.3, -0.25) is 0 Å². The summed E-state index contributed by atoms with van der Waals surface area (Å²) in [7, 11) is 4.33. The highest BCUT2D eigenvalue weighted by molar-refractivity contribution is 9.10. The van der Waals surface area contributed by atoms with Gasteiger partial charge < -0.3 is 19.5 Å². The summed E-state index contributed by atoms with van der Waals surface area (Å²) >= 11 is 3.22. The largest absolute Gasteiger partial charge is 0.497 e. The van der Waals surface area contributed by atoms with E-state index in [0.29, 0.717) is 28.2 Å². The van der Waals surface area contributed by atoms with E-state index < -0.39 is 11.8 Å². The number of halogens is 2. The molecule has 5 nitrogen and oxygen atoms in total. The molecule has 0 saturated heterocycles. The first-order valence-electron chi connectivity index (χ1n) is 7.02. The first-order valence-corrected chi connectivity index (χ1v) is 7.81. The maximum atomic E-state index is 14.1. The van der Waals surface area contributed by atoms with E-state index in [1.54, 1.807) is 32.4 Å². The van der Waals surface area contributed by atoms with Gasteiger partial charge in [0.15, 0.2) is 0 Å². The van der Waals surface area contributed by atoms with Gasteiger partial charge in [-0.1, -0.05) is 15.9 Å². The Hall–Kier alpha value is -2.28. The fourth-order valence-electron chi connectivity index (χ4n) is 2.21. The highest BCUT2D eigenvalue weighted by atomic mass is 79.9. The SMILES string of the molecule is COC(=O)c1c(F)cc(Br)cc1NCc1ccc(OC)cc1OC. The Morgan fingerprint density at radius 2 is 1.92 bits per heavy atom. The van der Waals surface area contributed by atoms with Crippen LogP contribution in [0.15, 0.2) is 34.8 Å². The summed E-state index contributed by atoms with van der Waals surface area (Å²) in [6.45, 7) is 0.326. The highest BCUT2D eigenvalue weighted by Gasteiger charge is 2.19. The minimum absolute atomic E-state index is 0.145. The smallest absolute Gasteiger partial charge is 0.342 e. The van der Waals surface area contributed by atoms with Gasteiger partial charge in [-0.25, -0.2) is 9.18 Å². The van der Waals surface area contributed by atoms with Crippen LogP contribution in [-0.4, -0.2) is 27.3 Å². The predicted molar refractivity (Wildman–Crippen MR) is 92.3 cm³/mol. The number of methoxy groups -OCH3 is 3. The second kappa shape index (κ2) is 8.01. The van der Waals surface area contributed by atoms with Crippen LogP contribution >= 0.6 is 15.9 Å². The average Bonchev–Trinajstić information content (AvgIpc) is 2.58. The van der Waals surface area contributed by atoms with Crippen molar-refractivity contribution in [2.24, 2.45) is 0 Å². The third kappa shape index (κ3) is 3.97. The van der Waals surface area contributed by atoms with Gasteiger partial charge in [0.25, 0.3) is 0 Å². The monoisotopic (exact) mass is 397 g/mol. The fraction of sp³-hybridized carbons (Fsp3) is 0.235. The second-order valence-corrected chi connectivity index (χ2v) is 5.75. The van der Waals surface area contributed by atoms with Crippen molar-refractivity contribution in [3.63, 3.8) is 0 Å². The molecule has 0 aromatic heterocycles. The van der Waals surface area contributed by atoms with E-state index in [4.69, 9.17) is 9.47 Å². The fourth-order valence-corrected chi connectivity index (χ4v) is 2.64. The number of carbonyl (C=O) groups is 1. The molecule has 2 rings (SSSR count). The van der Waals surface area contributed by atoms with E-state index in [9.17, 15) is 9.18 Å². The molecule has 24 heavy (non-hydrogen) atoms. The Morgan fingerprint density at radius 1 is 1.17 bits per heavy atom. The number of carbonyl (C=O) groups excluding carboxylic acids is 1. The molecule has 0 bridgehead atoms. The molecule has 0 atom stereocenters. The molecule has 0 fully saturated rings. The molecule has 7 heteroatoms. The molecular formula is C17H17BrFNO4. The normalized spacial score (nSPS) is 10.2. The summed E-state index contributed by atoms with van der Waals surface area (Å²) in [6.07, 6.45) is 0. The van der Waals surface area contributed by atoms with E-state index in [-0.39, 0.29) is 5.56 Å². The standard InChI is InChI=1S/C17H17BrFNO4/c1-22-12-5-4-10(15(8-12)23-2)9-20-14-7-11(18)6-13(19)16(14)17(21)24-3/h4-8,20H,9H2,1-3H3. The Balaban J connectivity index is 2.31. The van der Waals surface area contributed by atoms with Crippen molar-refractivity contribution >= 4 is 27.6 Å². The van der Waals surface area contributed by atoms with Gasteiger partial charge in [-0.05, 0) is 24.3 Å². The van der Waals surface area contributed by atoms with E-state index in [2.05, 4.69) is 26.0 Å². The van der Waals surface area contributed by atoms with E-state index in [1.807, 2.05) is 6.07 Å². The Bertz CT molecular complexity index is 752. The molecule has 0 aliphatic rings. The van der Waals surface area contributed by atoms with Gasteiger partial charge in [-0.15, -0.1) is 0 Å². The number of esters is 1. The van der Waals surface area contributed by atoms with Gasteiger partial charge in [0.05, 0.1) is 27.0 Å². The number of rotatable bonds is 6. The number of hydrogen-bond acceptors (Lipinski definition) is 5. The van der Waals surface area contributed by atoms with Crippen molar-refractivity contribution in [1.82, 2.24) is 0 Å². The lowest BCUT2D eigenvalue weighted by Crippen LogP contribution is -2.11. The van der Waals surface area contributed by atoms with E-state index in [0.717, 1.165) is 5.56 Å². The number of nitrogens with one attached hydrogen (secondary N) is 1. The number of anilines is 1. The zero-order valence-corrected chi connectivity index (χ0v) is 15.1. The van der Waals surface area contributed by atoms with Crippen LogP contribution < -0.4 is 14.8 Å². The molecule has 128 valence electrons. The summed E-state index contributed by atoms with van der Waals surface area (Å²) < 4.78 is 29.7. The maximum Gasteiger partial charge on any atom is 0.342 e. The topological polar surface area (TPSA) is 56.8 Å². The van der Waals surface area contributed by atoms with Crippen molar-refractivity contribution in [2.75, 3.05) is 26.6 Å². The molecule has 0 aliphatic heterocycles. The lowest BCUT2D eigenvalue weighted by Gasteiger charge is -2.15. The minimum Gasteiger partial charge on any atom is -0.497 e. The third-order valence-electron chi connectivity index (χ3n) is 3.41. The third-order valence-corrected chi connectivity index (χ3v) is 3.87. The van der Waals surface area contributed by atoms with Gasteiger partial charge in [0.2, 0.25) is 0 Å². The quantitative estimate of drug-likeness (QED) is 0.746. The van der Waals surface area contributed by atoms with Crippen LogP contribution in [0.1, 0.15) is 15.9 Å². The van der Waals surface area contributed by atoms with Gasteiger partial charge in [0.1, 0.15) is 22.9 Å². The van der Waals surface area contributed by atoms with Crippen LogP contribution in [0.5, 0.6) is 11.5 Å². The van der Waals surface area contributed by atoms with Crippen LogP contribution in [0.2, 0.25) is 0 Å². The number of ether oxygens (including phenoxy) is 3. The molecule has 0 heterocycles. The molecule has 0 unspecified atom stereocenters. The molecule has 0 saturated carbocycles. The highest BCUT2D eigenvalue weighted by Crippen LogP contribution is 2.29. The summed E-state index contributed by atoms with van der Waals surface area (Å²) in [4.78, 5) is 11.8. The van der Waals surface area contributed by atoms with Crippen molar-refractivity contribution in [2.45, 2.75) is 6.54 Å². The zero-order chi connectivity index (χ0) is 17.7. The number of benzene rings is 2. The molecule has 1 N–H and O–H groups in total. The van der Waals surface area contributed by atoms with Crippen LogP contribution in [0, 0.1) is 5.82 Å². The average molecular weight is 398 g/mol. The second-order valence-electron chi connectivity index (χ2n) is 4.83. The first-order chi connectivity index (χ1) is 11.5. The molecule has 0 aliphatic carbocycles. The van der Waals surface area contributed by atoms with Crippen LogP contribution in [0.4, 0.5) is 10.1 Å². The van der Waals surface area contributed by atoms with Crippen molar-refractivity contribution in [3.8, 4) is 11.5 Å². The summed E-state index contributed by atoms with van der Waals surface area (Å²) in [5.41, 5.74) is 1.01. The summed E-state index contributed by atoms with van der Waals surface area (Å²) in [5.74, 6) is -0.124. The minimum atomic E-state index is -0.746. The Morgan fingerprint density at radius 3 is 2.54 bits per heavy atom. The lowest BCUT2D eigenvalue weighted by molar-refractivity contribution is 0.0596. The maximum absolute atomic E-state index is 14.1. The van der Waals surface area contributed by atoms with Crippen molar-refractivity contribution < 1.29 is 23.4 Å². The van der Waals surface area contributed by atoms with Crippen molar-refractivity contribution in [1.29, 1.82) is 0 Å². The molecule has 0 amide bonds. The summed E-state index contributed by atoms with van der Waals surface area (Å²) in [6, 6.07) is 8.20. The molecule has 0 radical (unpaired) electrons. The summed E-state index contributed by atoms with van der Waals surface area (Å²) in [5, 5.41) is 3.05. The molecular weight excluding hydrogens is 381 g/mol. The molecule has 2 aromatic carbocycles. The Labute approximate surface area is 147 Å². The van der Waals surface area contributed by atoms with Crippen LogP contribution in [0.25, 0.3) is 0 Å². The Kier molecular flexibility index (Phi) is 6.03. The van der Waals surface area contributed by atoms with E-state index >= 15 is 0 Å². The van der Waals surface area contributed by atoms with Crippen LogP contribution in [-0.2, 0) is 11.3 Å². The van der Waals surface area contributed by atoms with E-state index in [1.165, 1.54) is 13.2 Å². The molecule has 0 spiro atoms.